The zero-order valence-electron chi connectivity index (χ0n) is 15.4. The Bertz CT molecular complexity index is 569. The van der Waals surface area contributed by atoms with Crippen molar-refractivity contribution >= 4 is 0 Å². The van der Waals surface area contributed by atoms with Gasteiger partial charge in [0.15, 0.2) is 6.61 Å². The molecule has 0 N–H and O–H groups in total. The van der Waals surface area contributed by atoms with E-state index in [1.165, 1.54) is 44.9 Å². The lowest BCUT2D eigenvalue weighted by Crippen LogP contribution is -2.28. The molecule has 0 atom stereocenters. The topological polar surface area (TPSA) is 25.4 Å². The van der Waals surface area contributed by atoms with Gasteiger partial charge in [-0.25, -0.2) is 4.98 Å². The van der Waals surface area contributed by atoms with Crippen molar-refractivity contribution < 1.29 is 17.9 Å². The third kappa shape index (κ3) is 6.15. The number of rotatable bonds is 5. The van der Waals surface area contributed by atoms with Gasteiger partial charge in [0.25, 0.3) is 0 Å². The van der Waals surface area contributed by atoms with Crippen LogP contribution < -0.4 is 4.74 Å². The molecule has 0 bridgehead atoms. The van der Waals surface area contributed by atoms with Gasteiger partial charge < -0.3 is 9.64 Å². The van der Waals surface area contributed by atoms with E-state index < -0.39 is 12.8 Å². The number of hydrogen-bond donors (Lipinski definition) is 0. The van der Waals surface area contributed by atoms with Gasteiger partial charge in [-0.3, -0.25) is 0 Å². The van der Waals surface area contributed by atoms with Gasteiger partial charge in [0.05, 0.1) is 0 Å². The van der Waals surface area contributed by atoms with Gasteiger partial charge in [-0.1, -0.05) is 44.6 Å². The number of pyridine rings is 1. The van der Waals surface area contributed by atoms with Crippen LogP contribution in [0.4, 0.5) is 13.2 Å². The van der Waals surface area contributed by atoms with E-state index >= 15 is 0 Å². The lowest BCUT2D eigenvalue weighted by Gasteiger charge is -2.22. The molecular formula is C20H29F3N2O. The molecule has 2 heterocycles. The highest BCUT2D eigenvalue weighted by Crippen LogP contribution is 2.26. The Hall–Kier alpha value is -1.30. The molecule has 1 aliphatic carbocycles. The number of ether oxygens (including phenoxy) is 1. The molecular weight excluding hydrogens is 341 g/mol. The van der Waals surface area contributed by atoms with E-state index in [-0.39, 0.29) is 5.88 Å². The molecule has 1 aromatic heterocycles. The molecule has 1 fully saturated rings. The summed E-state index contributed by atoms with van der Waals surface area (Å²) in [6.45, 7) is 1.77. The second-order valence-corrected chi connectivity index (χ2v) is 7.65. The van der Waals surface area contributed by atoms with Crippen LogP contribution in [0.2, 0.25) is 0 Å². The second-order valence-electron chi connectivity index (χ2n) is 7.65. The van der Waals surface area contributed by atoms with Crippen LogP contribution >= 0.6 is 0 Å². The number of aromatic nitrogens is 1. The first-order valence-corrected chi connectivity index (χ1v) is 9.90. The smallest absolute Gasteiger partial charge is 0.422 e. The largest absolute Gasteiger partial charge is 0.468 e. The van der Waals surface area contributed by atoms with Crippen molar-refractivity contribution in [1.82, 2.24) is 9.88 Å². The molecule has 0 radical (unpaired) electrons. The summed E-state index contributed by atoms with van der Waals surface area (Å²) in [5.74, 6) is 0.941. The number of nitrogens with zero attached hydrogens (tertiary/aromatic N) is 2. The van der Waals surface area contributed by atoms with Crippen LogP contribution in [0, 0.1) is 5.92 Å². The molecule has 0 unspecified atom stereocenters. The maximum absolute atomic E-state index is 12.3. The van der Waals surface area contributed by atoms with Gasteiger partial charge in [0, 0.05) is 31.3 Å². The van der Waals surface area contributed by atoms with Gasteiger partial charge >= 0.3 is 6.18 Å². The summed E-state index contributed by atoms with van der Waals surface area (Å²) in [7, 11) is 0. The van der Waals surface area contributed by atoms with Crippen molar-refractivity contribution in [3.63, 3.8) is 0 Å². The minimum Gasteiger partial charge on any atom is -0.468 e. The molecule has 0 saturated heterocycles. The molecule has 1 aromatic rings. The van der Waals surface area contributed by atoms with E-state index in [0.29, 0.717) is 0 Å². The van der Waals surface area contributed by atoms with Crippen molar-refractivity contribution in [2.24, 2.45) is 5.92 Å². The zero-order valence-corrected chi connectivity index (χ0v) is 15.4. The molecule has 6 heteroatoms. The highest BCUT2D eigenvalue weighted by atomic mass is 19.4. The van der Waals surface area contributed by atoms with Crippen molar-refractivity contribution in [2.45, 2.75) is 64.0 Å². The first-order valence-electron chi connectivity index (χ1n) is 9.90. The summed E-state index contributed by atoms with van der Waals surface area (Å²) < 4.78 is 41.7. The summed E-state index contributed by atoms with van der Waals surface area (Å²) in [4.78, 5) is 6.81. The minimum atomic E-state index is -4.33. The standard InChI is InChI=1S/C20H29F3N2O/c21-20(22,23)15-26-19-8-7-17-10-13-25(14-11-18(17)24-19)12-9-16-5-3-1-2-4-6-16/h7-8,16H,1-6,9-15H2. The van der Waals surface area contributed by atoms with E-state index in [4.69, 9.17) is 4.74 Å². The highest BCUT2D eigenvalue weighted by Gasteiger charge is 2.29. The second kappa shape index (κ2) is 9.07. The van der Waals surface area contributed by atoms with Crippen molar-refractivity contribution in [1.29, 1.82) is 0 Å². The highest BCUT2D eigenvalue weighted by molar-refractivity contribution is 5.27. The minimum absolute atomic E-state index is 0.0768. The molecule has 3 rings (SSSR count). The molecule has 1 aliphatic heterocycles. The molecule has 0 amide bonds. The predicted molar refractivity (Wildman–Crippen MR) is 95.4 cm³/mol. The Kier molecular flexibility index (Phi) is 6.79. The summed E-state index contributed by atoms with van der Waals surface area (Å²) in [5.41, 5.74) is 2.03. The van der Waals surface area contributed by atoms with E-state index in [1.807, 2.05) is 6.07 Å². The Balaban J connectivity index is 1.50. The van der Waals surface area contributed by atoms with Gasteiger partial charge in [-0.05, 0) is 30.9 Å². The maximum Gasteiger partial charge on any atom is 0.422 e. The Labute approximate surface area is 153 Å². The van der Waals surface area contributed by atoms with Crippen LogP contribution in [0.15, 0.2) is 12.1 Å². The van der Waals surface area contributed by atoms with Crippen LogP contribution in [-0.4, -0.2) is 42.3 Å². The van der Waals surface area contributed by atoms with Crippen molar-refractivity contribution in [3.05, 3.63) is 23.4 Å². The van der Waals surface area contributed by atoms with Crippen LogP contribution in [0.3, 0.4) is 0 Å². The third-order valence-electron chi connectivity index (χ3n) is 5.62. The molecule has 3 nitrogen and oxygen atoms in total. The molecule has 2 aliphatic rings. The third-order valence-corrected chi connectivity index (χ3v) is 5.62. The number of hydrogen-bond acceptors (Lipinski definition) is 3. The van der Waals surface area contributed by atoms with E-state index in [1.54, 1.807) is 6.07 Å². The van der Waals surface area contributed by atoms with Gasteiger partial charge in [0.1, 0.15) is 0 Å². The van der Waals surface area contributed by atoms with Gasteiger partial charge in [-0.15, -0.1) is 0 Å². The van der Waals surface area contributed by atoms with Gasteiger partial charge in [0.2, 0.25) is 5.88 Å². The average Bonchev–Trinajstić information content (AvgIpc) is 2.98. The molecule has 146 valence electrons. The van der Waals surface area contributed by atoms with Crippen molar-refractivity contribution in [3.8, 4) is 5.88 Å². The fourth-order valence-corrected chi connectivity index (χ4v) is 4.09. The lowest BCUT2D eigenvalue weighted by atomic mass is 9.96. The first-order chi connectivity index (χ1) is 12.5. The molecule has 0 aromatic carbocycles. The normalized spacial score (nSPS) is 20.3. The van der Waals surface area contributed by atoms with Crippen LogP contribution in [0.5, 0.6) is 5.88 Å². The fourth-order valence-electron chi connectivity index (χ4n) is 4.09. The summed E-state index contributed by atoms with van der Waals surface area (Å²) in [6, 6.07) is 3.44. The molecule has 1 saturated carbocycles. The average molecular weight is 370 g/mol. The Morgan fingerprint density at radius 1 is 1.04 bits per heavy atom. The Morgan fingerprint density at radius 3 is 2.50 bits per heavy atom. The number of alkyl halides is 3. The summed E-state index contributed by atoms with van der Waals surface area (Å²) in [6.07, 6.45) is 6.90. The van der Waals surface area contributed by atoms with Crippen molar-refractivity contribution in [2.75, 3.05) is 26.2 Å². The van der Waals surface area contributed by atoms with E-state index in [2.05, 4.69) is 9.88 Å². The summed E-state index contributed by atoms with van der Waals surface area (Å²) in [5, 5.41) is 0. The van der Waals surface area contributed by atoms with E-state index in [9.17, 15) is 13.2 Å². The number of halogens is 3. The first kappa shape index (κ1) is 19.5. The summed E-state index contributed by atoms with van der Waals surface area (Å²) >= 11 is 0. The molecule has 0 spiro atoms. The fraction of sp³-hybridized carbons (Fsp3) is 0.750. The SMILES string of the molecule is FC(F)(F)COc1ccc2c(n1)CCN(CCC1CCCCCC1)CC2. The Morgan fingerprint density at radius 2 is 1.77 bits per heavy atom. The van der Waals surface area contributed by atoms with Crippen LogP contribution in [0.1, 0.15) is 56.2 Å². The maximum atomic E-state index is 12.3. The predicted octanol–water partition coefficient (Wildman–Crippen LogP) is 4.78. The zero-order chi connectivity index (χ0) is 18.4. The molecule has 26 heavy (non-hydrogen) atoms. The van der Waals surface area contributed by atoms with Crippen LogP contribution in [0.25, 0.3) is 0 Å². The van der Waals surface area contributed by atoms with Crippen LogP contribution in [-0.2, 0) is 12.8 Å². The van der Waals surface area contributed by atoms with Gasteiger partial charge in [-0.2, -0.15) is 13.2 Å². The lowest BCUT2D eigenvalue weighted by molar-refractivity contribution is -0.154. The van der Waals surface area contributed by atoms with E-state index in [0.717, 1.165) is 49.7 Å². The number of fused-ring (bicyclic) bond motifs is 1. The quantitative estimate of drug-likeness (QED) is 0.697. The monoisotopic (exact) mass is 370 g/mol.